The van der Waals surface area contributed by atoms with E-state index in [0.717, 1.165) is 12.1 Å². The van der Waals surface area contributed by atoms with Crippen LogP contribution in [0.4, 0.5) is 13.2 Å². The standard InChI is InChI=1S/C10H10F3NO3/c1-17-7-4-2-3-6(5-7)9(16,8(14)15)10(11,12)13/h2-5,16H,1H3,(H2,14,15)/t9-/m1/s1. The molecule has 1 atom stereocenters. The van der Waals surface area contributed by atoms with E-state index in [1.807, 2.05) is 0 Å². The van der Waals surface area contributed by atoms with Crippen molar-refractivity contribution in [3.63, 3.8) is 0 Å². The third-order valence-corrected chi connectivity index (χ3v) is 2.25. The van der Waals surface area contributed by atoms with E-state index in [2.05, 4.69) is 5.73 Å². The monoisotopic (exact) mass is 249 g/mol. The number of carbonyl (C=O) groups excluding carboxylic acids is 1. The highest BCUT2D eigenvalue weighted by molar-refractivity contribution is 5.85. The van der Waals surface area contributed by atoms with Crippen molar-refractivity contribution < 1.29 is 27.8 Å². The first kappa shape index (κ1) is 13.3. The number of hydrogen-bond donors (Lipinski definition) is 2. The van der Waals surface area contributed by atoms with E-state index in [0.29, 0.717) is 0 Å². The number of halogens is 3. The van der Waals surface area contributed by atoms with Crippen LogP contribution >= 0.6 is 0 Å². The molecule has 0 bridgehead atoms. The fraction of sp³-hybridized carbons (Fsp3) is 0.300. The summed E-state index contributed by atoms with van der Waals surface area (Å²) in [5, 5.41) is 9.46. The van der Waals surface area contributed by atoms with Crippen molar-refractivity contribution in [1.29, 1.82) is 0 Å². The van der Waals surface area contributed by atoms with Gasteiger partial charge in [0.15, 0.2) is 0 Å². The Kier molecular flexibility index (Phi) is 3.33. The Labute approximate surface area is 94.8 Å². The minimum absolute atomic E-state index is 0.0754. The predicted octanol–water partition coefficient (Wildman–Crippen LogP) is 0.930. The van der Waals surface area contributed by atoms with Crippen LogP contribution in [0, 0.1) is 0 Å². The van der Waals surface area contributed by atoms with Crippen LogP contribution in [0.5, 0.6) is 5.75 Å². The van der Waals surface area contributed by atoms with Crippen molar-refractivity contribution in [3.8, 4) is 5.75 Å². The summed E-state index contributed by atoms with van der Waals surface area (Å²) in [6, 6.07) is 4.44. The van der Waals surface area contributed by atoms with Gasteiger partial charge in [-0.1, -0.05) is 12.1 Å². The van der Waals surface area contributed by atoms with Crippen LogP contribution in [0.3, 0.4) is 0 Å². The molecule has 1 aromatic rings. The maximum absolute atomic E-state index is 12.7. The number of methoxy groups -OCH3 is 1. The van der Waals surface area contributed by atoms with Gasteiger partial charge in [-0.2, -0.15) is 13.2 Å². The molecular weight excluding hydrogens is 239 g/mol. The summed E-state index contributed by atoms with van der Waals surface area (Å²) >= 11 is 0. The Morgan fingerprint density at radius 2 is 2.00 bits per heavy atom. The minimum atomic E-state index is -5.20. The summed E-state index contributed by atoms with van der Waals surface area (Å²) in [5.74, 6) is -1.82. The van der Waals surface area contributed by atoms with Crippen LogP contribution in [0.25, 0.3) is 0 Å². The molecule has 0 unspecified atom stereocenters. The number of primary amides is 1. The number of ether oxygens (including phenoxy) is 1. The van der Waals surface area contributed by atoms with E-state index in [1.165, 1.54) is 19.2 Å². The second kappa shape index (κ2) is 4.25. The molecular formula is C10H10F3NO3. The van der Waals surface area contributed by atoms with Crippen LogP contribution in [0.1, 0.15) is 5.56 Å². The zero-order chi connectivity index (χ0) is 13.3. The van der Waals surface area contributed by atoms with Gasteiger partial charge in [0, 0.05) is 5.56 Å². The average molecular weight is 249 g/mol. The molecule has 94 valence electrons. The number of rotatable bonds is 3. The van der Waals surface area contributed by atoms with Crippen molar-refractivity contribution in [3.05, 3.63) is 29.8 Å². The SMILES string of the molecule is COc1cccc([C@@](O)(C(N)=O)C(F)(F)F)c1. The van der Waals surface area contributed by atoms with Gasteiger partial charge >= 0.3 is 6.18 Å². The quantitative estimate of drug-likeness (QED) is 0.837. The molecule has 0 aliphatic carbocycles. The van der Waals surface area contributed by atoms with Gasteiger partial charge in [0.2, 0.25) is 0 Å². The first-order valence-corrected chi connectivity index (χ1v) is 4.47. The number of alkyl halides is 3. The lowest BCUT2D eigenvalue weighted by Crippen LogP contribution is -2.52. The zero-order valence-electron chi connectivity index (χ0n) is 8.78. The molecule has 0 heterocycles. The number of nitrogens with two attached hydrogens (primary N) is 1. The van der Waals surface area contributed by atoms with Crippen molar-refractivity contribution in [1.82, 2.24) is 0 Å². The molecule has 1 amide bonds. The van der Waals surface area contributed by atoms with E-state index in [9.17, 15) is 23.1 Å². The van der Waals surface area contributed by atoms with Crippen molar-refractivity contribution in [2.24, 2.45) is 5.73 Å². The minimum Gasteiger partial charge on any atom is -0.497 e. The largest absolute Gasteiger partial charge is 0.497 e. The van der Waals surface area contributed by atoms with E-state index in [1.54, 1.807) is 0 Å². The van der Waals surface area contributed by atoms with Gasteiger partial charge in [0.1, 0.15) is 5.75 Å². The van der Waals surface area contributed by atoms with Crippen LogP contribution in [-0.2, 0) is 10.4 Å². The molecule has 0 saturated carbocycles. The van der Waals surface area contributed by atoms with E-state index < -0.39 is 23.2 Å². The highest BCUT2D eigenvalue weighted by atomic mass is 19.4. The van der Waals surface area contributed by atoms with Gasteiger partial charge < -0.3 is 15.6 Å². The summed E-state index contributed by atoms with van der Waals surface area (Å²) in [4.78, 5) is 10.9. The molecule has 0 spiro atoms. The first-order chi connectivity index (χ1) is 7.73. The summed E-state index contributed by atoms with van der Waals surface area (Å²) in [6.07, 6.45) is -5.20. The van der Waals surface area contributed by atoms with Crippen molar-refractivity contribution in [2.75, 3.05) is 7.11 Å². The van der Waals surface area contributed by atoms with Crippen molar-refractivity contribution in [2.45, 2.75) is 11.8 Å². The Morgan fingerprint density at radius 1 is 1.41 bits per heavy atom. The molecule has 4 nitrogen and oxygen atoms in total. The maximum Gasteiger partial charge on any atom is 0.430 e. The highest BCUT2D eigenvalue weighted by Gasteiger charge is 2.60. The second-order valence-electron chi connectivity index (χ2n) is 3.30. The molecule has 1 rings (SSSR count). The van der Waals surface area contributed by atoms with Gasteiger partial charge in [-0.3, -0.25) is 4.79 Å². The summed E-state index contributed by atoms with van der Waals surface area (Å²) in [5.41, 5.74) is 0.227. The average Bonchev–Trinajstić information content (AvgIpc) is 2.26. The van der Waals surface area contributed by atoms with Crippen LogP contribution in [0.2, 0.25) is 0 Å². The Hall–Kier alpha value is -1.76. The lowest BCUT2D eigenvalue weighted by Gasteiger charge is -2.27. The molecule has 0 aliphatic heterocycles. The first-order valence-electron chi connectivity index (χ1n) is 4.47. The zero-order valence-corrected chi connectivity index (χ0v) is 8.78. The Balaban J connectivity index is 3.38. The molecule has 17 heavy (non-hydrogen) atoms. The topological polar surface area (TPSA) is 72.6 Å². The normalized spacial score (nSPS) is 15.1. The second-order valence-corrected chi connectivity index (χ2v) is 3.30. The Morgan fingerprint density at radius 3 is 2.41 bits per heavy atom. The molecule has 0 saturated heterocycles. The predicted molar refractivity (Wildman–Crippen MR) is 52.1 cm³/mol. The van der Waals surface area contributed by atoms with Crippen LogP contribution in [0.15, 0.2) is 24.3 Å². The third kappa shape index (κ3) is 2.19. The molecule has 1 aromatic carbocycles. The number of benzene rings is 1. The smallest absolute Gasteiger partial charge is 0.430 e. The molecule has 7 heteroatoms. The third-order valence-electron chi connectivity index (χ3n) is 2.25. The number of hydrogen-bond acceptors (Lipinski definition) is 3. The van der Waals surface area contributed by atoms with Crippen LogP contribution < -0.4 is 10.5 Å². The van der Waals surface area contributed by atoms with Gasteiger partial charge in [0.25, 0.3) is 11.5 Å². The number of aliphatic hydroxyl groups is 1. The molecule has 3 N–H and O–H groups in total. The van der Waals surface area contributed by atoms with Crippen LogP contribution in [-0.4, -0.2) is 24.3 Å². The van der Waals surface area contributed by atoms with E-state index >= 15 is 0 Å². The van der Waals surface area contributed by atoms with E-state index in [4.69, 9.17) is 4.74 Å². The summed E-state index contributed by atoms with van der Waals surface area (Å²) in [7, 11) is 1.25. The number of amides is 1. The summed E-state index contributed by atoms with van der Waals surface area (Å²) < 4.78 is 42.8. The molecule has 0 aliphatic rings. The number of carbonyl (C=O) groups is 1. The lowest BCUT2D eigenvalue weighted by molar-refractivity contribution is -0.255. The Bertz CT molecular complexity index is 433. The van der Waals surface area contributed by atoms with Gasteiger partial charge in [0.05, 0.1) is 7.11 Å². The highest BCUT2D eigenvalue weighted by Crippen LogP contribution is 2.39. The maximum atomic E-state index is 12.7. The fourth-order valence-electron chi connectivity index (χ4n) is 1.29. The molecule has 0 aromatic heterocycles. The van der Waals surface area contributed by atoms with Gasteiger partial charge in [-0.25, -0.2) is 0 Å². The van der Waals surface area contributed by atoms with E-state index in [-0.39, 0.29) is 5.75 Å². The molecule has 0 radical (unpaired) electrons. The van der Waals surface area contributed by atoms with Gasteiger partial charge in [-0.05, 0) is 12.1 Å². The van der Waals surface area contributed by atoms with Crippen molar-refractivity contribution >= 4 is 5.91 Å². The molecule has 0 fully saturated rings. The lowest BCUT2D eigenvalue weighted by atomic mass is 9.92. The summed E-state index contributed by atoms with van der Waals surface area (Å²) in [6.45, 7) is 0. The van der Waals surface area contributed by atoms with Gasteiger partial charge in [-0.15, -0.1) is 0 Å². The fourth-order valence-corrected chi connectivity index (χ4v) is 1.29.